The topological polar surface area (TPSA) is 215 Å². The molecule has 0 bridgehead atoms. The number of alkyl carbamates (subject to hydrolysis) is 1. The number of nitrogens with one attached hydrogen (secondary N) is 2. The zero-order chi connectivity index (χ0) is 48.5. The third-order valence-corrected chi connectivity index (χ3v) is 11.3. The molecule has 0 aliphatic carbocycles. The Morgan fingerprint density at radius 3 is 1.95 bits per heavy atom. The van der Waals surface area contributed by atoms with Crippen molar-refractivity contribution in [3.63, 3.8) is 0 Å². The van der Waals surface area contributed by atoms with Crippen LogP contribution in [0.4, 0.5) is 9.59 Å². The van der Waals surface area contributed by atoms with Gasteiger partial charge in [0.15, 0.2) is 11.6 Å². The predicted octanol–water partition coefficient (Wildman–Crippen LogP) is 7.05. The van der Waals surface area contributed by atoms with Crippen LogP contribution in [0.1, 0.15) is 131 Å². The van der Waals surface area contributed by atoms with Crippen molar-refractivity contribution in [2.75, 3.05) is 32.7 Å². The fourth-order valence-corrected chi connectivity index (χ4v) is 7.80. The lowest BCUT2D eigenvalue weighted by atomic mass is 9.86. The Morgan fingerprint density at radius 1 is 0.815 bits per heavy atom. The molecule has 15 heteroatoms. The van der Waals surface area contributed by atoms with Gasteiger partial charge in [-0.15, -0.1) is 0 Å². The molecule has 4 atom stereocenters. The number of likely N-dealkylation sites (tertiary alicyclic amines) is 1. The fourth-order valence-electron chi connectivity index (χ4n) is 7.80. The van der Waals surface area contributed by atoms with Gasteiger partial charge in [0.2, 0.25) is 11.8 Å². The Balaban J connectivity index is 1.84. The SMILES string of the molecule is CC(C)C[C@@H](NC(=O)[C@H](CC(=O)CN(C[C@@H](C)c1ccccc1)C(=O)OC(C)(C)C)Cc1ccccc1)C(=O)C[C@H](CCCCNC(=O)OC(C)(C)C)C(=O)N1CCC(N)(C(=O)O)CC1. The smallest absolute Gasteiger partial charge is 0.410 e. The molecule has 5 N–H and O–H groups in total. The summed E-state index contributed by atoms with van der Waals surface area (Å²) in [5.41, 5.74) is 4.99. The van der Waals surface area contributed by atoms with Crippen LogP contribution >= 0.6 is 0 Å². The molecule has 0 spiro atoms. The third kappa shape index (κ3) is 19.4. The van der Waals surface area contributed by atoms with E-state index in [1.165, 1.54) is 4.90 Å². The first kappa shape index (κ1) is 54.0. The fraction of sp³-hybridized carbons (Fsp3) is 0.620. The number of unbranched alkanes of at least 4 members (excludes halogenated alkanes) is 1. The first-order valence-electron chi connectivity index (χ1n) is 23.0. The quantitative estimate of drug-likeness (QED) is 0.0829. The van der Waals surface area contributed by atoms with Crippen molar-refractivity contribution in [2.45, 2.75) is 149 Å². The number of nitrogens with zero attached hydrogens (tertiary/aromatic N) is 2. The maximum atomic E-state index is 14.4. The molecule has 4 amide bonds. The molecule has 65 heavy (non-hydrogen) atoms. The van der Waals surface area contributed by atoms with Crippen LogP contribution in [0.3, 0.4) is 0 Å². The highest BCUT2D eigenvalue weighted by atomic mass is 16.6. The minimum atomic E-state index is -1.45. The van der Waals surface area contributed by atoms with Crippen molar-refractivity contribution in [3.05, 3.63) is 71.8 Å². The molecule has 1 aliphatic heterocycles. The summed E-state index contributed by atoms with van der Waals surface area (Å²) in [7, 11) is 0. The van der Waals surface area contributed by atoms with Crippen LogP contribution in [0.25, 0.3) is 0 Å². The summed E-state index contributed by atoms with van der Waals surface area (Å²) in [6.45, 7) is 16.8. The van der Waals surface area contributed by atoms with Gasteiger partial charge in [-0.3, -0.25) is 24.0 Å². The molecule has 2 aromatic carbocycles. The number of ketones is 2. The second-order valence-corrected chi connectivity index (χ2v) is 20.1. The lowest BCUT2D eigenvalue weighted by Gasteiger charge is -2.38. The molecule has 1 heterocycles. The molecular weight excluding hydrogens is 831 g/mol. The van der Waals surface area contributed by atoms with Gasteiger partial charge in [-0.25, -0.2) is 9.59 Å². The average molecular weight is 906 g/mol. The van der Waals surface area contributed by atoms with Gasteiger partial charge in [-0.05, 0) is 103 Å². The maximum absolute atomic E-state index is 14.4. The highest BCUT2D eigenvalue weighted by molar-refractivity contribution is 5.95. The van der Waals surface area contributed by atoms with Crippen LogP contribution in [0.15, 0.2) is 60.7 Å². The van der Waals surface area contributed by atoms with Crippen LogP contribution in [0.2, 0.25) is 0 Å². The predicted molar refractivity (Wildman–Crippen MR) is 249 cm³/mol. The largest absolute Gasteiger partial charge is 0.480 e. The van der Waals surface area contributed by atoms with E-state index in [1.807, 2.05) is 81.4 Å². The first-order valence-corrected chi connectivity index (χ1v) is 23.0. The zero-order valence-electron chi connectivity index (χ0n) is 40.2. The molecule has 1 aliphatic rings. The monoisotopic (exact) mass is 906 g/mol. The van der Waals surface area contributed by atoms with E-state index in [9.17, 15) is 38.7 Å². The molecule has 1 saturated heterocycles. The normalized spacial score (nSPS) is 15.8. The minimum absolute atomic E-state index is 0.0312. The Labute approximate surface area is 385 Å². The Hall–Kier alpha value is -5.31. The van der Waals surface area contributed by atoms with Gasteiger partial charge in [0.1, 0.15) is 16.7 Å². The first-order chi connectivity index (χ1) is 30.4. The van der Waals surface area contributed by atoms with Crippen LogP contribution in [0.5, 0.6) is 0 Å². The summed E-state index contributed by atoms with van der Waals surface area (Å²) >= 11 is 0. The molecule has 2 aromatic rings. The van der Waals surface area contributed by atoms with Crippen LogP contribution in [0, 0.1) is 17.8 Å². The van der Waals surface area contributed by atoms with Crippen molar-refractivity contribution in [2.24, 2.45) is 23.5 Å². The number of hydrogen-bond acceptors (Lipinski definition) is 10. The van der Waals surface area contributed by atoms with E-state index in [0.717, 1.165) is 11.1 Å². The number of rotatable bonds is 23. The average Bonchev–Trinajstić information content (AvgIpc) is 3.21. The molecule has 360 valence electrons. The Bertz CT molecular complexity index is 1880. The Kier molecular flexibility index (Phi) is 20.6. The summed E-state index contributed by atoms with van der Waals surface area (Å²) < 4.78 is 11.0. The number of carbonyl (C=O) groups excluding carboxylic acids is 6. The second kappa shape index (κ2) is 24.8. The van der Waals surface area contributed by atoms with Crippen molar-refractivity contribution in [1.29, 1.82) is 0 Å². The van der Waals surface area contributed by atoms with Gasteiger partial charge in [-0.1, -0.05) is 87.9 Å². The number of carbonyl (C=O) groups is 7. The van der Waals surface area contributed by atoms with Gasteiger partial charge >= 0.3 is 18.2 Å². The van der Waals surface area contributed by atoms with E-state index in [2.05, 4.69) is 10.6 Å². The lowest BCUT2D eigenvalue weighted by Crippen LogP contribution is -2.57. The number of nitrogens with two attached hydrogens (primary N) is 1. The second-order valence-electron chi connectivity index (χ2n) is 20.1. The zero-order valence-corrected chi connectivity index (χ0v) is 40.2. The number of Topliss-reactive ketones (excluding diaryl/α,β-unsaturated/α-hetero) is 2. The number of amides is 4. The summed E-state index contributed by atoms with van der Waals surface area (Å²) in [5, 5.41) is 15.4. The van der Waals surface area contributed by atoms with E-state index >= 15 is 0 Å². The number of benzene rings is 2. The highest BCUT2D eigenvalue weighted by Crippen LogP contribution is 2.26. The molecule has 15 nitrogen and oxygen atoms in total. The van der Waals surface area contributed by atoms with Crippen molar-refractivity contribution >= 4 is 41.5 Å². The molecule has 0 saturated carbocycles. The number of ether oxygens (including phenoxy) is 2. The van der Waals surface area contributed by atoms with E-state index in [1.54, 1.807) is 46.4 Å². The van der Waals surface area contributed by atoms with E-state index in [4.69, 9.17) is 15.2 Å². The van der Waals surface area contributed by atoms with E-state index in [-0.39, 0.29) is 101 Å². The van der Waals surface area contributed by atoms with Gasteiger partial charge in [0.05, 0.1) is 12.6 Å². The summed E-state index contributed by atoms with van der Waals surface area (Å²) in [6, 6.07) is 17.9. The van der Waals surface area contributed by atoms with Gasteiger partial charge < -0.3 is 40.7 Å². The number of piperidine rings is 1. The standard InChI is InChI=1S/C50H75N5O10/c1-34(2)28-41(42(57)31-38(22-16-17-25-52-46(62)64-48(4,5)6)44(59)54-26-23-50(51,24-27-54)45(60)61)53-43(58)39(29-36-18-12-10-13-19-36)30-40(56)33-55(47(63)65-49(7,8)9)32-35(3)37-20-14-11-15-21-37/h10-15,18-21,34-35,38-39,41H,16-17,22-33,51H2,1-9H3,(H,52,62)(H,53,58)(H,60,61)/t35-,38+,39+,41-/m1/s1. The van der Waals surface area contributed by atoms with Crippen LogP contribution < -0.4 is 16.4 Å². The van der Waals surface area contributed by atoms with Crippen LogP contribution in [-0.2, 0) is 39.9 Å². The van der Waals surface area contributed by atoms with Crippen molar-refractivity contribution in [3.8, 4) is 0 Å². The number of carboxylic acids is 1. The van der Waals surface area contributed by atoms with Gasteiger partial charge in [-0.2, -0.15) is 0 Å². The maximum Gasteiger partial charge on any atom is 0.410 e. The number of carboxylic acid groups (broad SMARTS) is 1. The van der Waals surface area contributed by atoms with E-state index in [0.29, 0.717) is 19.3 Å². The minimum Gasteiger partial charge on any atom is -0.480 e. The van der Waals surface area contributed by atoms with Crippen LogP contribution in [-0.4, -0.2) is 112 Å². The molecule has 0 aromatic heterocycles. The Morgan fingerprint density at radius 2 is 1.40 bits per heavy atom. The van der Waals surface area contributed by atoms with Gasteiger partial charge in [0, 0.05) is 50.9 Å². The van der Waals surface area contributed by atoms with Crippen molar-refractivity contribution < 1.29 is 48.1 Å². The summed E-state index contributed by atoms with van der Waals surface area (Å²) in [6.07, 6.45) is 0.269. The molecule has 1 fully saturated rings. The molecule has 3 rings (SSSR count). The molecule has 0 radical (unpaired) electrons. The van der Waals surface area contributed by atoms with E-state index < -0.39 is 58.7 Å². The number of aliphatic carboxylic acids is 1. The third-order valence-electron chi connectivity index (χ3n) is 11.3. The van der Waals surface area contributed by atoms with Crippen molar-refractivity contribution in [1.82, 2.24) is 20.4 Å². The molecular formula is C50H75N5O10. The summed E-state index contributed by atoms with van der Waals surface area (Å²) in [4.78, 5) is 97.5. The number of hydrogen-bond donors (Lipinski definition) is 4. The molecule has 0 unspecified atom stereocenters. The van der Waals surface area contributed by atoms with Gasteiger partial charge in [0.25, 0.3) is 0 Å². The highest BCUT2D eigenvalue weighted by Gasteiger charge is 2.41. The summed E-state index contributed by atoms with van der Waals surface area (Å²) in [5.74, 6) is -4.46. The lowest BCUT2D eigenvalue weighted by molar-refractivity contribution is -0.149.